The van der Waals surface area contributed by atoms with Crippen LogP contribution in [0.1, 0.15) is 20.8 Å². The van der Waals surface area contributed by atoms with Crippen molar-refractivity contribution < 1.29 is 18.3 Å². The molecule has 1 aromatic carbocycles. The average molecular weight is 361 g/mol. The van der Waals surface area contributed by atoms with Crippen LogP contribution >= 0.6 is 11.3 Å². The number of hydrogen-bond donors (Lipinski definition) is 1. The number of pyridine rings is 1. The maximum atomic E-state index is 13.2. The largest absolute Gasteiger partial charge is 0.480 e. The molecule has 0 bridgehead atoms. The summed E-state index contributed by atoms with van der Waals surface area (Å²) in [5, 5.41) is 3.04. The minimum atomic E-state index is -0.628. The van der Waals surface area contributed by atoms with Gasteiger partial charge in [0.2, 0.25) is 5.88 Å². The van der Waals surface area contributed by atoms with Crippen LogP contribution in [-0.4, -0.2) is 23.0 Å². The molecule has 0 radical (unpaired) electrons. The van der Waals surface area contributed by atoms with Gasteiger partial charge in [-0.1, -0.05) is 0 Å². The Kier molecular flexibility index (Phi) is 4.99. The summed E-state index contributed by atoms with van der Waals surface area (Å²) in [5.74, 6) is -1.44. The predicted octanol–water partition coefficient (Wildman–Crippen LogP) is 3.67. The van der Waals surface area contributed by atoms with E-state index < -0.39 is 17.5 Å². The first kappa shape index (κ1) is 17.0. The smallest absolute Gasteiger partial charge is 0.262 e. The highest BCUT2D eigenvalue weighted by molar-refractivity contribution is 7.15. The fourth-order valence-electron chi connectivity index (χ4n) is 2.25. The number of rotatable bonds is 5. The zero-order valence-corrected chi connectivity index (χ0v) is 13.9. The van der Waals surface area contributed by atoms with Gasteiger partial charge in [0.25, 0.3) is 5.91 Å². The number of ether oxygens (including phenoxy) is 1. The van der Waals surface area contributed by atoms with E-state index in [0.29, 0.717) is 17.1 Å². The molecule has 8 heteroatoms. The number of hydrogen-bond acceptors (Lipinski definition) is 5. The lowest BCUT2D eigenvalue weighted by atomic mass is 10.1. The molecule has 0 unspecified atom stereocenters. The summed E-state index contributed by atoms with van der Waals surface area (Å²) < 4.78 is 31.5. The van der Waals surface area contributed by atoms with Crippen molar-refractivity contribution in [1.82, 2.24) is 9.97 Å². The third kappa shape index (κ3) is 4.16. The molecule has 3 aromatic rings. The van der Waals surface area contributed by atoms with E-state index in [-0.39, 0.29) is 11.4 Å². The summed E-state index contributed by atoms with van der Waals surface area (Å²) in [5.41, 5.74) is 0.780. The lowest BCUT2D eigenvalue weighted by Gasteiger charge is -2.05. The normalized spacial score (nSPS) is 10.5. The van der Waals surface area contributed by atoms with Crippen LogP contribution in [-0.2, 0) is 6.42 Å². The van der Waals surface area contributed by atoms with Crippen molar-refractivity contribution in [3.8, 4) is 5.88 Å². The van der Waals surface area contributed by atoms with Gasteiger partial charge < -0.3 is 4.74 Å². The lowest BCUT2D eigenvalue weighted by molar-refractivity contribution is 0.102. The Labute approximate surface area is 146 Å². The van der Waals surface area contributed by atoms with Crippen LogP contribution in [0.3, 0.4) is 0 Å². The fraction of sp³-hybridized carbons (Fsp3) is 0.118. The molecular formula is C17H13F2N3O2S. The quantitative estimate of drug-likeness (QED) is 0.753. The predicted molar refractivity (Wildman–Crippen MR) is 90.0 cm³/mol. The van der Waals surface area contributed by atoms with Crippen LogP contribution in [0.15, 0.2) is 42.7 Å². The van der Waals surface area contributed by atoms with Gasteiger partial charge in [-0.25, -0.2) is 18.7 Å². The highest BCUT2D eigenvalue weighted by atomic mass is 32.1. The summed E-state index contributed by atoms with van der Waals surface area (Å²) >= 11 is 1.23. The van der Waals surface area contributed by atoms with Crippen LogP contribution in [0.5, 0.6) is 5.88 Å². The number of anilines is 1. The Morgan fingerprint density at radius 1 is 1.24 bits per heavy atom. The number of nitrogens with zero attached hydrogens (tertiary/aromatic N) is 2. The van der Waals surface area contributed by atoms with Crippen molar-refractivity contribution >= 4 is 22.4 Å². The number of nitrogens with one attached hydrogen (secondary N) is 1. The molecule has 1 amide bonds. The first-order chi connectivity index (χ1) is 12.0. The van der Waals surface area contributed by atoms with Gasteiger partial charge in [0.15, 0.2) is 5.13 Å². The van der Waals surface area contributed by atoms with Gasteiger partial charge in [-0.3, -0.25) is 10.1 Å². The van der Waals surface area contributed by atoms with E-state index in [1.54, 1.807) is 18.3 Å². The second-order valence-electron chi connectivity index (χ2n) is 5.10. The Balaban J connectivity index is 1.72. The molecule has 128 valence electrons. The van der Waals surface area contributed by atoms with E-state index in [1.165, 1.54) is 36.8 Å². The summed E-state index contributed by atoms with van der Waals surface area (Å²) in [6.45, 7) is 0. The topological polar surface area (TPSA) is 64.1 Å². The van der Waals surface area contributed by atoms with Crippen LogP contribution < -0.4 is 10.1 Å². The highest BCUT2D eigenvalue weighted by Gasteiger charge is 2.15. The minimum Gasteiger partial charge on any atom is -0.480 e. The number of aromatic nitrogens is 2. The van der Waals surface area contributed by atoms with Gasteiger partial charge in [0.1, 0.15) is 17.2 Å². The monoisotopic (exact) mass is 361 g/mol. The van der Waals surface area contributed by atoms with E-state index in [0.717, 1.165) is 10.9 Å². The number of methoxy groups -OCH3 is 1. The van der Waals surface area contributed by atoms with E-state index in [2.05, 4.69) is 15.3 Å². The van der Waals surface area contributed by atoms with Gasteiger partial charge in [-0.05, 0) is 29.8 Å². The molecule has 3 rings (SSSR count). The number of thiazole rings is 1. The number of amides is 1. The molecule has 0 aliphatic heterocycles. The van der Waals surface area contributed by atoms with Gasteiger partial charge >= 0.3 is 0 Å². The van der Waals surface area contributed by atoms with Crippen LogP contribution in [0.4, 0.5) is 13.9 Å². The van der Waals surface area contributed by atoms with E-state index in [1.807, 2.05) is 0 Å². The van der Waals surface area contributed by atoms with Crippen LogP contribution in [0.2, 0.25) is 0 Å². The van der Waals surface area contributed by atoms with E-state index in [4.69, 9.17) is 4.74 Å². The second-order valence-corrected chi connectivity index (χ2v) is 6.22. The van der Waals surface area contributed by atoms with Gasteiger partial charge in [0.05, 0.1) is 7.11 Å². The Bertz CT molecular complexity index is 894. The zero-order valence-electron chi connectivity index (χ0n) is 13.1. The van der Waals surface area contributed by atoms with E-state index in [9.17, 15) is 13.6 Å². The Hall–Kier alpha value is -2.87. The maximum Gasteiger partial charge on any atom is 0.262 e. The summed E-state index contributed by atoms with van der Waals surface area (Å²) in [4.78, 5) is 21.1. The molecular weight excluding hydrogens is 348 g/mol. The van der Waals surface area contributed by atoms with E-state index >= 15 is 0 Å². The van der Waals surface area contributed by atoms with Crippen LogP contribution in [0.25, 0.3) is 0 Å². The first-order valence-corrected chi connectivity index (χ1v) is 8.07. The van der Waals surface area contributed by atoms with Crippen LogP contribution in [0, 0.1) is 11.6 Å². The van der Waals surface area contributed by atoms with Crippen molar-refractivity contribution in [1.29, 1.82) is 0 Å². The summed E-state index contributed by atoms with van der Waals surface area (Å²) in [6.07, 6.45) is 3.40. The number of halogens is 2. The minimum absolute atomic E-state index is 0.215. The second kappa shape index (κ2) is 7.35. The molecule has 5 nitrogen and oxygen atoms in total. The van der Waals surface area contributed by atoms with Crippen molar-refractivity contribution in [2.75, 3.05) is 12.4 Å². The third-order valence-corrected chi connectivity index (χ3v) is 4.20. The average Bonchev–Trinajstić information content (AvgIpc) is 3.00. The Morgan fingerprint density at radius 3 is 2.72 bits per heavy atom. The number of carbonyl (C=O) groups is 1. The number of carbonyl (C=O) groups excluding carboxylic acids is 1. The zero-order chi connectivity index (χ0) is 17.8. The standard InChI is InChI=1S/C17H13F2N3O2S/c1-24-16-14(3-2-4-20-16)15(23)22-17-21-9-13(25-17)7-10-5-11(18)8-12(19)6-10/h2-6,8-9H,7H2,1H3,(H,21,22,23). The van der Waals surface area contributed by atoms with Crippen molar-refractivity contribution in [2.45, 2.75) is 6.42 Å². The summed E-state index contributed by atoms with van der Waals surface area (Å²) in [6, 6.07) is 6.57. The maximum absolute atomic E-state index is 13.2. The van der Waals surface area contributed by atoms with Gasteiger partial charge in [-0.15, -0.1) is 11.3 Å². The van der Waals surface area contributed by atoms with Gasteiger partial charge in [0, 0.05) is 29.8 Å². The highest BCUT2D eigenvalue weighted by Crippen LogP contribution is 2.23. The molecule has 25 heavy (non-hydrogen) atoms. The number of benzene rings is 1. The molecule has 2 aromatic heterocycles. The molecule has 0 atom stereocenters. The van der Waals surface area contributed by atoms with Gasteiger partial charge in [-0.2, -0.15) is 0 Å². The molecule has 0 spiro atoms. The SMILES string of the molecule is COc1ncccc1C(=O)Nc1ncc(Cc2cc(F)cc(F)c2)s1. The molecule has 1 N–H and O–H groups in total. The molecule has 0 aliphatic rings. The molecule has 2 heterocycles. The molecule has 0 saturated carbocycles. The molecule has 0 fully saturated rings. The molecule has 0 saturated heterocycles. The lowest BCUT2D eigenvalue weighted by Crippen LogP contribution is -2.13. The molecule has 0 aliphatic carbocycles. The summed E-state index contributed by atoms with van der Waals surface area (Å²) in [7, 11) is 1.43. The first-order valence-electron chi connectivity index (χ1n) is 7.25. The third-order valence-electron chi connectivity index (χ3n) is 3.28. The van der Waals surface area contributed by atoms with Crippen molar-refractivity contribution in [2.24, 2.45) is 0 Å². The Morgan fingerprint density at radius 2 is 2.00 bits per heavy atom. The fourth-order valence-corrected chi connectivity index (χ4v) is 3.09. The van der Waals surface area contributed by atoms with Crippen molar-refractivity contribution in [3.63, 3.8) is 0 Å². The van der Waals surface area contributed by atoms with Crippen molar-refractivity contribution in [3.05, 3.63) is 70.4 Å².